The normalized spacial score (nSPS) is 42.0. The van der Waals surface area contributed by atoms with Crippen molar-refractivity contribution in [2.24, 2.45) is 0 Å². The van der Waals surface area contributed by atoms with E-state index >= 15 is 0 Å². The van der Waals surface area contributed by atoms with Gasteiger partial charge in [0.1, 0.15) is 24.4 Å². The summed E-state index contributed by atoms with van der Waals surface area (Å²) in [6, 6.07) is 0. The van der Waals surface area contributed by atoms with E-state index in [-0.39, 0.29) is 6.61 Å². The van der Waals surface area contributed by atoms with E-state index in [4.69, 9.17) is 19.7 Å². The Bertz CT molecular complexity index is 210. The molecule has 0 aromatic heterocycles. The third-order valence-corrected chi connectivity index (χ3v) is 2.47. The highest BCUT2D eigenvalue weighted by Gasteiger charge is 2.44. The molecule has 1 fully saturated rings. The molecule has 1 heterocycles. The maximum absolute atomic E-state index is 9.54. The molecule has 0 spiro atoms. The van der Waals surface area contributed by atoms with Crippen molar-refractivity contribution in [1.29, 1.82) is 0 Å². The summed E-state index contributed by atoms with van der Waals surface area (Å²) in [5.74, 6) is 0. The minimum absolute atomic E-state index is 0.269. The summed E-state index contributed by atoms with van der Waals surface area (Å²) in [4.78, 5) is 0. The highest BCUT2D eigenvalue weighted by atomic mass is 16.7. The van der Waals surface area contributed by atoms with Crippen LogP contribution in [0.2, 0.25) is 0 Å². The molecule has 0 saturated carbocycles. The molecule has 0 aliphatic carbocycles. The molecule has 6 atom stereocenters. The zero-order valence-electron chi connectivity index (χ0n) is 8.93. The van der Waals surface area contributed by atoms with Crippen LogP contribution in [0.5, 0.6) is 0 Å². The number of rotatable bonds is 4. The summed E-state index contributed by atoms with van der Waals surface area (Å²) in [5.41, 5.74) is 0. The third-order valence-electron chi connectivity index (χ3n) is 2.47. The van der Waals surface area contributed by atoms with Gasteiger partial charge in [0.2, 0.25) is 0 Å². The average Bonchev–Trinajstić information content (AvgIpc) is 2.29. The second-order valence-corrected chi connectivity index (χ2v) is 3.83. The van der Waals surface area contributed by atoms with Crippen molar-refractivity contribution in [3.63, 3.8) is 0 Å². The Morgan fingerprint density at radius 2 is 1.75 bits per heavy atom. The van der Waals surface area contributed by atoms with Gasteiger partial charge in [-0.2, -0.15) is 0 Å². The molecule has 7 nitrogen and oxygen atoms in total. The Balaban J connectivity index is 2.63. The first kappa shape index (κ1) is 13.8. The van der Waals surface area contributed by atoms with Crippen LogP contribution in [0.1, 0.15) is 6.92 Å². The number of aliphatic hydroxyl groups excluding tert-OH is 5. The molecule has 0 aromatic carbocycles. The molecule has 1 aliphatic rings. The van der Waals surface area contributed by atoms with Gasteiger partial charge in [-0.25, -0.2) is 0 Å². The minimum Gasteiger partial charge on any atom is -0.394 e. The van der Waals surface area contributed by atoms with Gasteiger partial charge in [-0.1, -0.05) is 0 Å². The second kappa shape index (κ2) is 5.87. The van der Waals surface area contributed by atoms with Crippen LogP contribution >= 0.6 is 0 Å². The van der Waals surface area contributed by atoms with Gasteiger partial charge in [-0.05, 0) is 6.92 Å². The molecule has 7 heteroatoms. The van der Waals surface area contributed by atoms with Crippen molar-refractivity contribution in [2.45, 2.75) is 43.7 Å². The standard InChI is InChI=1S/C9H18O7/c1-4(2-10)15-9-8(14)7(13)6(12)5(3-11)16-9/h4-14H,2-3H2,1H3/t4?,5?,6-,7?,8-,9+/m0/s1. The van der Waals surface area contributed by atoms with Gasteiger partial charge in [0.15, 0.2) is 6.29 Å². The summed E-state index contributed by atoms with van der Waals surface area (Å²) in [5, 5.41) is 46.1. The molecule has 96 valence electrons. The van der Waals surface area contributed by atoms with E-state index in [0.717, 1.165) is 0 Å². The minimum atomic E-state index is -1.46. The van der Waals surface area contributed by atoms with E-state index in [2.05, 4.69) is 0 Å². The fourth-order valence-corrected chi connectivity index (χ4v) is 1.45. The monoisotopic (exact) mass is 238 g/mol. The molecular formula is C9H18O7. The molecule has 1 rings (SSSR count). The lowest BCUT2D eigenvalue weighted by Crippen LogP contribution is -2.59. The fraction of sp³-hybridized carbons (Fsp3) is 1.00. The SMILES string of the molecule is CC(CO)O[C@@H]1OC(CO)[C@H](O)C(O)[C@@H]1O. The molecule has 0 amide bonds. The van der Waals surface area contributed by atoms with E-state index in [0.29, 0.717) is 0 Å². The topological polar surface area (TPSA) is 120 Å². The van der Waals surface area contributed by atoms with Crippen LogP contribution in [0.15, 0.2) is 0 Å². The summed E-state index contributed by atoms with van der Waals surface area (Å²) < 4.78 is 10.2. The smallest absolute Gasteiger partial charge is 0.187 e. The first-order valence-electron chi connectivity index (χ1n) is 5.08. The van der Waals surface area contributed by atoms with Crippen LogP contribution < -0.4 is 0 Å². The summed E-state index contributed by atoms with van der Waals surface area (Å²) in [6.45, 7) is 0.786. The maximum atomic E-state index is 9.54. The summed E-state index contributed by atoms with van der Waals surface area (Å²) >= 11 is 0. The largest absolute Gasteiger partial charge is 0.394 e. The lowest BCUT2D eigenvalue weighted by molar-refractivity contribution is -0.311. The maximum Gasteiger partial charge on any atom is 0.187 e. The van der Waals surface area contributed by atoms with Gasteiger partial charge in [-0.15, -0.1) is 0 Å². The molecule has 0 bridgehead atoms. The average molecular weight is 238 g/mol. The van der Waals surface area contributed by atoms with Crippen LogP contribution in [-0.4, -0.2) is 75.6 Å². The molecule has 0 radical (unpaired) electrons. The molecular weight excluding hydrogens is 220 g/mol. The van der Waals surface area contributed by atoms with Crippen LogP contribution in [-0.2, 0) is 9.47 Å². The van der Waals surface area contributed by atoms with Crippen molar-refractivity contribution >= 4 is 0 Å². The number of ether oxygens (including phenoxy) is 2. The lowest BCUT2D eigenvalue weighted by Gasteiger charge is -2.40. The zero-order valence-corrected chi connectivity index (χ0v) is 8.93. The predicted molar refractivity (Wildman–Crippen MR) is 51.4 cm³/mol. The van der Waals surface area contributed by atoms with E-state index in [1.165, 1.54) is 0 Å². The summed E-state index contributed by atoms with van der Waals surface area (Å²) in [6.07, 6.45) is -7.04. The van der Waals surface area contributed by atoms with E-state index in [1.807, 2.05) is 0 Å². The number of aliphatic hydroxyl groups is 5. The van der Waals surface area contributed by atoms with Gasteiger partial charge in [0.05, 0.1) is 19.3 Å². The first-order chi connectivity index (χ1) is 7.51. The molecule has 5 N–H and O–H groups in total. The fourth-order valence-electron chi connectivity index (χ4n) is 1.45. The highest BCUT2D eigenvalue weighted by molar-refractivity contribution is 4.89. The second-order valence-electron chi connectivity index (χ2n) is 3.83. The Hall–Kier alpha value is -0.280. The molecule has 3 unspecified atom stereocenters. The molecule has 16 heavy (non-hydrogen) atoms. The van der Waals surface area contributed by atoms with Crippen molar-refractivity contribution in [1.82, 2.24) is 0 Å². The molecule has 0 aromatic rings. The van der Waals surface area contributed by atoms with E-state index in [9.17, 15) is 15.3 Å². The number of hydrogen-bond donors (Lipinski definition) is 5. The van der Waals surface area contributed by atoms with Gasteiger partial charge >= 0.3 is 0 Å². The zero-order chi connectivity index (χ0) is 12.3. The Kier molecular flexibility index (Phi) is 5.06. The Labute approximate surface area is 92.9 Å². The third kappa shape index (κ3) is 2.89. The van der Waals surface area contributed by atoms with Gasteiger partial charge in [-0.3, -0.25) is 0 Å². The van der Waals surface area contributed by atoms with Gasteiger partial charge in [0.25, 0.3) is 0 Å². The van der Waals surface area contributed by atoms with Crippen LogP contribution in [0, 0.1) is 0 Å². The van der Waals surface area contributed by atoms with E-state index in [1.54, 1.807) is 6.92 Å². The number of hydrogen-bond acceptors (Lipinski definition) is 7. The van der Waals surface area contributed by atoms with Crippen LogP contribution in [0.25, 0.3) is 0 Å². The predicted octanol–water partition coefficient (Wildman–Crippen LogP) is -2.82. The Morgan fingerprint density at radius 1 is 1.12 bits per heavy atom. The van der Waals surface area contributed by atoms with Crippen molar-refractivity contribution in [2.75, 3.05) is 13.2 Å². The van der Waals surface area contributed by atoms with Crippen LogP contribution in [0.4, 0.5) is 0 Å². The van der Waals surface area contributed by atoms with Gasteiger partial charge < -0.3 is 35.0 Å². The van der Waals surface area contributed by atoms with Crippen molar-refractivity contribution in [3.8, 4) is 0 Å². The lowest BCUT2D eigenvalue weighted by atomic mass is 9.99. The Morgan fingerprint density at radius 3 is 2.25 bits per heavy atom. The van der Waals surface area contributed by atoms with Crippen LogP contribution in [0.3, 0.4) is 0 Å². The molecule has 1 saturated heterocycles. The van der Waals surface area contributed by atoms with Gasteiger partial charge in [0, 0.05) is 0 Å². The van der Waals surface area contributed by atoms with E-state index < -0.39 is 43.4 Å². The van der Waals surface area contributed by atoms with Crippen molar-refractivity contribution in [3.05, 3.63) is 0 Å². The van der Waals surface area contributed by atoms with Crippen molar-refractivity contribution < 1.29 is 35.0 Å². The first-order valence-corrected chi connectivity index (χ1v) is 5.08. The molecule has 1 aliphatic heterocycles. The highest BCUT2D eigenvalue weighted by Crippen LogP contribution is 2.22. The summed E-state index contributed by atoms with van der Waals surface area (Å²) in [7, 11) is 0. The quantitative estimate of drug-likeness (QED) is 0.358.